The zero-order chi connectivity index (χ0) is 14.1. The first-order chi connectivity index (χ1) is 9.21. The van der Waals surface area contributed by atoms with Crippen LogP contribution in [0.2, 0.25) is 0 Å². The number of ether oxygens (including phenoxy) is 2. The second-order valence-electron chi connectivity index (χ2n) is 3.99. The predicted molar refractivity (Wildman–Crippen MR) is 83.3 cm³/mol. The maximum Gasteiger partial charge on any atom is 0.161 e. The van der Waals surface area contributed by atoms with Gasteiger partial charge >= 0.3 is 0 Å². The van der Waals surface area contributed by atoms with Crippen molar-refractivity contribution in [1.82, 2.24) is 5.32 Å². The fourth-order valence-corrected chi connectivity index (χ4v) is 1.73. The van der Waals surface area contributed by atoms with Gasteiger partial charge in [-0.3, -0.25) is 0 Å². The lowest BCUT2D eigenvalue weighted by Gasteiger charge is -2.12. The largest absolute Gasteiger partial charge is 0.490 e. The highest BCUT2D eigenvalue weighted by atomic mass is 32.1. The molecule has 0 saturated carbocycles. The van der Waals surface area contributed by atoms with Crippen molar-refractivity contribution in [2.24, 2.45) is 0 Å². The first-order valence-corrected chi connectivity index (χ1v) is 6.82. The number of benzene rings is 1. The van der Waals surface area contributed by atoms with Gasteiger partial charge in [0, 0.05) is 13.5 Å². The molecule has 104 valence electrons. The Hall–Kier alpha value is -1.55. The summed E-state index contributed by atoms with van der Waals surface area (Å²) < 4.78 is 11.2. The smallest absolute Gasteiger partial charge is 0.161 e. The molecule has 0 atom stereocenters. The highest BCUT2D eigenvalue weighted by Gasteiger charge is 2.06. The van der Waals surface area contributed by atoms with Crippen molar-refractivity contribution < 1.29 is 9.47 Å². The Bertz CT molecular complexity index is 432. The van der Waals surface area contributed by atoms with Crippen molar-refractivity contribution in [3.63, 3.8) is 0 Å². The summed E-state index contributed by atoms with van der Waals surface area (Å²) >= 11 is 5.14. The molecule has 0 fully saturated rings. The Morgan fingerprint density at radius 1 is 1.37 bits per heavy atom. The number of hydrogen-bond donors (Lipinski definition) is 1. The van der Waals surface area contributed by atoms with E-state index in [1.54, 1.807) is 6.08 Å². The van der Waals surface area contributed by atoms with Crippen LogP contribution in [0.1, 0.15) is 18.9 Å². The van der Waals surface area contributed by atoms with Crippen LogP contribution in [0, 0.1) is 0 Å². The van der Waals surface area contributed by atoms with Crippen LogP contribution in [0.3, 0.4) is 0 Å². The van der Waals surface area contributed by atoms with Crippen LogP contribution in [-0.2, 0) is 6.42 Å². The normalized spacial score (nSPS) is 9.79. The molecule has 0 aliphatic carbocycles. The van der Waals surface area contributed by atoms with Gasteiger partial charge in [-0.25, -0.2) is 0 Å². The SMILES string of the molecule is C=CCOc1ccc(CCC(=S)NC)cc1OCC. The van der Waals surface area contributed by atoms with Gasteiger partial charge in [-0.05, 0) is 31.0 Å². The summed E-state index contributed by atoms with van der Waals surface area (Å²) in [5.41, 5.74) is 1.19. The highest BCUT2D eigenvalue weighted by molar-refractivity contribution is 7.80. The molecule has 0 bridgehead atoms. The molecule has 0 aliphatic rings. The molecule has 0 aliphatic heterocycles. The minimum atomic E-state index is 0.475. The Morgan fingerprint density at radius 3 is 2.79 bits per heavy atom. The van der Waals surface area contributed by atoms with Crippen LogP contribution in [0.25, 0.3) is 0 Å². The molecule has 0 unspecified atom stereocenters. The average Bonchev–Trinajstić information content (AvgIpc) is 2.44. The Labute approximate surface area is 120 Å². The van der Waals surface area contributed by atoms with Crippen LogP contribution < -0.4 is 14.8 Å². The van der Waals surface area contributed by atoms with E-state index >= 15 is 0 Å². The van der Waals surface area contributed by atoms with E-state index in [1.807, 2.05) is 32.2 Å². The summed E-state index contributed by atoms with van der Waals surface area (Å²) in [4.78, 5) is 0.866. The van der Waals surface area contributed by atoms with E-state index in [1.165, 1.54) is 5.56 Å². The van der Waals surface area contributed by atoms with E-state index in [4.69, 9.17) is 21.7 Å². The predicted octanol–water partition coefficient (Wildman–Crippen LogP) is 3.13. The second kappa shape index (κ2) is 8.53. The van der Waals surface area contributed by atoms with E-state index in [2.05, 4.69) is 11.9 Å². The standard InChI is InChI=1S/C15H21NO2S/c1-4-10-18-13-8-6-12(7-9-15(19)16-3)11-14(13)17-5-2/h4,6,8,11H,1,5,7,9-10H2,2-3H3,(H,16,19). The minimum Gasteiger partial charge on any atom is -0.490 e. The fraction of sp³-hybridized carbons (Fsp3) is 0.400. The summed E-state index contributed by atoms with van der Waals surface area (Å²) in [7, 11) is 1.85. The molecular weight excluding hydrogens is 258 g/mol. The summed E-state index contributed by atoms with van der Waals surface area (Å²) in [6.07, 6.45) is 3.45. The second-order valence-corrected chi connectivity index (χ2v) is 4.48. The maximum absolute atomic E-state index is 5.60. The Kier molecular flexibility index (Phi) is 6.97. The van der Waals surface area contributed by atoms with Crippen molar-refractivity contribution in [3.8, 4) is 11.5 Å². The Morgan fingerprint density at radius 2 is 2.16 bits per heavy atom. The highest BCUT2D eigenvalue weighted by Crippen LogP contribution is 2.29. The number of nitrogens with one attached hydrogen (secondary N) is 1. The lowest BCUT2D eigenvalue weighted by Crippen LogP contribution is -2.15. The molecule has 1 rings (SSSR count). The van der Waals surface area contributed by atoms with E-state index in [-0.39, 0.29) is 0 Å². The topological polar surface area (TPSA) is 30.5 Å². The molecule has 19 heavy (non-hydrogen) atoms. The van der Waals surface area contributed by atoms with Gasteiger partial charge in [-0.1, -0.05) is 30.9 Å². The molecule has 0 saturated heterocycles. The summed E-state index contributed by atoms with van der Waals surface area (Å²) in [5.74, 6) is 1.53. The number of hydrogen-bond acceptors (Lipinski definition) is 3. The van der Waals surface area contributed by atoms with E-state index in [9.17, 15) is 0 Å². The van der Waals surface area contributed by atoms with E-state index in [0.29, 0.717) is 13.2 Å². The van der Waals surface area contributed by atoms with Gasteiger partial charge in [0.25, 0.3) is 0 Å². The molecule has 1 N–H and O–H groups in total. The number of aryl methyl sites for hydroxylation is 1. The van der Waals surface area contributed by atoms with Crippen LogP contribution in [0.5, 0.6) is 11.5 Å². The monoisotopic (exact) mass is 279 g/mol. The van der Waals surface area contributed by atoms with E-state index < -0.39 is 0 Å². The number of thiocarbonyl (C=S) groups is 1. The average molecular weight is 279 g/mol. The van der Waals surface area contributed by atoms with Crippen LogP contribution in [0.15, 0.2) is 30.9 Å². The minimum absolute atomic E-state index is 0.475. The summed E-state index contributed by atoms with van der Waals surface area (Å²) in [5, 5.41) is 2.98. The van der Waals surface area contributed by atoms with Gasteiger partial charge in [0.1, 0.15) is 6.61 Å². The molecule has 1 aromatic rings. The molecular formula is C15H21NO2S. The van der Waals surface area contributed by atoms with Crippen LogP contribution >= 0.6 is 12.2 Å². The molecule has 0 spiro atoms. The maximum atomic E-state index is 5.60. The zero-order valence-corrected chi connectivity index (χ0v) is 12.4. The van der Waals surface area contributed by atoms with Gasteiger partial charge in [-0.15, -0.1) is 0 Å². The van der Waals surface area contributed by atoms with Crippen molar-refractivity contribution >= 4 is 17.2 Å². The Balaban J connectivity index is 2.76. The third-order valence-electron chi connectivity index (χ3n) is 2.58. The van der Waals surface area contributed by atoms with E-state index in [0.717, 1.165) is 29.3 Å². The van der Waals surface area contributed by atoms with Gasteiger partial charge in [0.2, 0.25) is 0 Å². The van der Waals surface area contributed by atoms with Gasteiger partial charge in [0.05, 0.1) is 11.6 Å². The lowest BCUT2D eigenvalue weighted by molar-refractivity contribution is 0.296. The fourth-order valence-electron chi connectivity index (χ4n) is 1.63. The molecule has 1 aromatic carbocycles. The lowest BCUT2D eigenvalue weighted by atomic mass is 10.1. The first-order valence-electron chi connectivity index (χ1n) is 6.41. The molecule has 0 amide bonds. The van der Waals surface area contributed by atoms with Crippen LogP contribution in [-0.4, -0.2) is 25.2 Å². The summed E-state index contributed by atoms with van der Waals surface area (Å²) in [6, 6.07) is 5.99. The van der Waals surface area contributed by atoms with Gasteiger partial charge in [0.15, 0.2) is 11.5 Å². The third-order valence-corrected chi connectivity index (χ3v) is 2.99. The molecule has 0 aromatic heterocycles. The first kappa shape index (κ1) is 15.5. The third kappa shape index (κ3) is 5.30. The van der Waals surface area contributed by atoms with Gasteiger partial charge in [-0.2, -0.15) is 0 Å². The quantitative estimate of drug-likeness (QED) is 0.585. The zero-order valence-electron chi connectivity index (χ0n) is 11.6. The van der Waals surface area contributed by atoms with Crippen molar-refractivity contribution in [1.29, 1.82) is 0 Å². The molecule has 0 heterocycles. The number of rotatable bonds is 8. The van der Waals surface area contributed by atoms with Crippen molar-refractivity contribution in [2.75, 3.05) is 20.3 Å². The van der Waals surface area contributed by atoms with Crippen LogP contribution in [0.4, 0.5) is 0 Å². The summed E-state index contributed by atoms with van der Waals surface area (Å²) in [6.45, 7) is 6.69. The van der Waals surface area contributed by atoms with Crippen molar-refractivity contribution in [2.45, 2.75) is 19.8 Å². The van der Waals surface area contributed by atoms with Gasteiger partial charge < -0.3 is 14.8 Å². The molecule has 0 radical (unpaired) electrons. The van der Waals surface area contributed by atoms with Crippen molar-refractivity contribution in [3.05, 3.63) is 36.4 Å². The molecule has 4 heteroatoms. The molecule has 3 nitrogen and oxygen atoms in total.